The molecule has 6 nitrogen and oxygen atoms in total. The lowest BCUT2D eigenvalue weighted by molar-refractivity contribution is -0.153. The second kappa shape index (κ2) is 8.10. The average molecular weight is 379 g/mol. The summed E-state index contributed by atoms with van der Waals surface area (Å²) >= 11 is 0. The lowest BCUT2D eigenvalue weighted by Gasteiger charge is -2.47. The van der Waals surface area contributed by atoms with E-state index < -0.39 is 5.60 Å². The highest BCUT2D eigenvalue weighted by Gasteiger charge is 2.44. The standard InChI is InChI=1S/C22H25N3O3/c26-20(10-9-18-6-4-12-23-14-18)24-13-5-11-22(16-24)17-25(21(27)15-28-22)19-7-2-1-3-8-19/h1-4,6-8,12,14H,5,9-11,13,15-17H2. The largest absolute Gasteiger partial charge is 0.361 e. The SMILES string of the molecule is O=C(CCc1cccnc1)N1CCCC2(C1)CN(c1ccccc1)C(=O)CO2. The van der Waals surface area contributed by atoms with Crippen LogP contribution in [-0.4, -0.2) is 53.5 Å². The zero-order valence-corrected chi connectivity index (χ0v) is 15.9. The molecule has 1 aromatic heterocycles. The second-order valence-electron chi connectivity index (χ2n) is 7.57. The molecule has 2 fully saturated rings. The number of likely N-dealkylation sites (tertiary alicyclic amines) is 1. The summed E-state index contributed by atoms with van der Waals surface area (Å²) in [5, 5.41) is 0. The number of carbonyl (C=O) groups is 2. The van der Waals surface area contributed by atoms with Crippen molar-refractivity contribution in [3.05, 3.63) is 60.4 Å². The van der Waals surface area contributed by atoms with Crippen LogP contribution < -0.4 is 4.90 Å². The van der Waals surface area contributed by atoms with Crippen molar-refractivity contribution in [3.8, 4) is 0 Å². The lowest BCUT2D eigenvalue weighted by Crippen LogP contribution is -2.62. The molecule has 0 bridgehead atoms. The number of rotatable bonds is 4. The fourth-order valence-electron chi connectivity index (χ4n) is 4.07. The molecule has 2 amide bonds. The molecule has 0 N–H and O–H groups in total. The normalized spacial score (nSPS) is 22.5. The number of morpholine rings is 1. The van der Waals surface area contributed by atoms with Crippen molar-refractivity contribution in [2.45, 2.75) is 31.3 Å². The summed E-state index contributed by atoms with van der Waals surface area (Å²) in [5.41, 5.74) is 1.47. The van der Waals surface area contributed by atoms with E-state index in [2.05, 4.69) is 4.98 Å². The van der Waals surface area contributed by atoms with Gasteiger partial charge in [0.15, 0.2) is 0 Å². The molecular weight excluding hydrogens is 354 g/mol. The zero-order valence-electron chi connectivity index (χ0n) is 15.9. The van der Waals surface area contributed by atoms with Gasteiger partial charge in [0.2, 0.25) is 5.91 Å². The summed E-state index contributed by atoms with van der Waals surface area (Å²) in [5.74, 6) is 0.103. The first-order valence-electron chi connectivity index (χ1n) is 9.81. The van der Waals surface area contributed by atoms with Gasteiger partial charge in [0.25, 0.3) is 5.91 Å². The number of aromatic nitrogens is 1. The topological polar surface area (TPSA) is 62.7 Å². The van der Waals surface area contributed by atoms with Crippen LogP contribution in [0.3, 0.4) is 0 Å². The average Bonchev–Trinajstić information content (AvgIpc) is 2.75. The number of pyridine rings is 1. The van der Waals surface area contributed by atoms with Crippen molar-refractivity contribution in [1.82, 2.24) is 9.88 Å². The molecule has 0 saturated carbocycles. The van der Waals surface area contributed by atoms with Gasteiger partial charge in [-0.3, -0.25) is 14.6 Å². The Balaban J connectivity index is 1.42. The van der Waals surface area contributed by atoms with Crippen LogP contribution in [0.25, 0.3) is 0 Å². The number of carbonyl (C=O) groups excluding carboxylic acids is 2. The van der Waals surface area contributed by atoms with Crippen LogP contribution in [0.5, 0.6) is 0 Å². The zero-order chi connectivity index (χ0) is 19.4. The van der Waals surface area contributed by atoms with E-state index in [1.807, 2.05) is 47.4 Å². The van der Waals surface area contributed by atoms with Gasteiger partial charge in [-0.25, -0.2) is 0 Å². The van der Waals surface area contributed by atoms with Crippen molar-refractivity contribution < 1.29 is 14.3 Å². The molecule has 0 radical (unpaired) electrons. The van der Waals surface area contributed by atoms with Gasteiger partial charge in [-0.15, -0.1) is 0 Å². The minimum atomic E-state index is -0.480. The predicted molar refractivity (Wildman–Crippen MR) is 106 cm³/mol. The Morgan fingerprint density at radius 1 is 1.14 bits per heavy atom. The Morgan fingerprint density at radius 3 is 2.79 bits per heavy atom. The number of nitrogens with zero attached hydrogens (tertiary/aromatic N) is 3. The van der Waals surface area contributed by atoms with E-state index in [1.165, 1.54) is 0 Å². The van der Waals surface area contributed by atoms with Crippen molar-refractivity contribution >= 4 is 17.5 Å². The quantitative estimate of drug-likeness (QED) is 0.819. The molecule has 2 aliphatic rings. The van der Waals surface area contributed by atoms with Gasteiger partial charge in [-0.05, 0) is 43.0 Å². The van der Waals surface area contributed by atoms with E-state index in [9.17, 15) is 9.59 Å². The molecule has 6 heteroatoms. The number of anilines is 1. The third-order valence-corrected chi connectivity index (χ3v) is 5.56. The van der Waals surface area contributed by atoms with Crippen molar-refractivity contribution in [2.75, 3.05) is 31.1 Å². The lowest BCUT2D eigenvalue weighted by atomic mass is 9.90. The first kappa shape index (κ1) is 18.6. The first-order valence-corrected chi connectivity index (χ1v) is 9.81. The minimum absolute atomic E-state index is 0.0307. The molecule has 28 heavy (non-hydrogen) atoms. The summed E-state index contributed by atoms with van der Waals surface area (Å²) in [6.07, 6.45) is 6.43. The number of para-hydroxylation sites is 1. The number of amides is 2. The summed E-state index contributed by atoms with van der Waals surface area (Å²) in [6.45, 7) is 1.83. The molecule has 1 spiro atoms. The summed E-state index contributed by atoms with van der Waals surface area (Å²) in [6, 6.07) is 13.6. The molecule has 4 rings (SSSR count). The van der Waals surface area contributed by atoms with Crippen molar-refractivity contribution in [1.29, 1.82) is 0 Å². The summed E-state index contributed by atoms with van der Waals surface area (Å²) in [4.78, 5) is 33.0. The number of hydrogen-bond acceptors (Lipinski definition) is 4. The molecule has 2 aliphatic heterocycles. The smallest absolute Gasteiger partial charge is 0.253 e. The van der Waals surface area contributed by atoms with Crippen LogP contribution >= 0.6 is 0 Å². The molecular formula is C22H25N3O3. The molecule has 1 atom stereocenters. The Kier molecular flexibility index (Phi) is 5.39. The molecule has 2 aromatic rings. The first-order chi connectivity index (χ1) is 13.7. The Labute approximate surface area is 165 Å². The second-order valence-corrected chi connectivity index (χ2v) is 7.57. The minimum Gasteiger partial charge on any atom is -0.361 e. The third kappa shape index (κ3) is 4.07. The predicted octanol–water partition coefficient (Wildman–Crippen LogP) is 2.44. The van der Waals surface area contributed by atoms with Crippen LogP contribution in [0.1, 0.15) is 24.8 Å². The maximum absolute atomic E-state index is 12.8. The molecule has 146 valence electrons. The van der Waals surface area contributed by atoms with Crippen molar-refractivity contribution in [2.24, 2.45) is 0 Å². The highest BCUT2D eigenvalue weighted by molar-refractivity contribution is 5.95. The maximum Gasteiger partial charge on any atom is 0.253 e. The van der Waals surface area contributed by atoms with E-state index in [-0.39, 0.29) is 18.4 Å². The highest BCUT2D eigenvalue weighted by Crippen LogP contribution is 2.32. The van der Waals surface area contributed by atoms with E-state index in [1.54, 1.807) is 17.3 Å². The van der Waals surface area contributed by atoms with Crippen LogP contribution in [0.15, 0.2) is 54.9 Å². The van der Waals surface area contributed by atoms with E-state index in [0.29, 0.717) is 25.9 Å². The Bertz CT molecular complexity index is 827. The van der Waals surface area contributed by atoms with Crippen molar-refractivity contribution in [3.63, 3.8) is 0 Å². The molecule has 3 heterocycles. The third-order valence-electron chi connectivity index (χ3n) is 5.56. The Hall–Kier alpha value is -2.73. The van der Waals surface area contributed by atoms with Gasteiger partial charge in [0, 0.05) is 31.0 Å². The van der Waals surface area contributed by atoms with E-state index >= 15 is 0 Å². The summed E-state index contributed by atoms with van der Waals surface area (Å²) in [7, 11) is 0. The summed E-state index contributed by atoms with van der Waals surface area (Å²) < 4.78 is 6.02. The van der Waals surface area contributed by atoms with Gasteiger partial charge in [-0.1, -0.05) is 24.3 Å². The van der Waals surface area contributed by atoms with Crippen LogP contribution in [0.4, 0.5) is 5.69 Å². The van der Waals surface area contributed by atoms with Gasteiger partial charge in [0.1, 0.15) is 12.2 Å². The number of piperidine rings is 1. The van der Waals surface area contributed by atoms with E-state index in [0.717, 1.165) is 30.6 Å². The van der Waals surface area contributed by atoms with Gasteiger partial charge >= 0.3 is 0 Å². The van der Waals surface area contributed by atoms with E-state index in [4.69, 9.17) is 4.74 Å². The molecule has 0 aliphatic carbocycles. The number of benzene rings is 1. The number of aryl methyl sites for hydroxylation is 1. The molecule has 1 unspecified atom stereocenters. The monoisotopic (exact) mass is 379 g/mol. The van der Waals surface area contributed by atoms with Gasteiger partial charge in [-0.2, -0.15) is 0 Å². The fraction of sp³-hybridized carbons (Fsp3) is 0.409. The molecule has 1 aromatic carbocycles. The molecule has 2 saturated heterocycles. The van der Waals surface area contributed by atoms with Gasteiger partial charge < -0.3 is 14.5 Å². The van der Waals surface area contributed by atoms with Crippen LogP contribution in [-0.2, 0) is 20.7 Å². The van der Waals surface area contributed by atoms with Crippen LogP contribution in [0.2, 0.25) is 0 Å². The van der Waals surface area contributed by atoms with Crippen LogP contribution in [0, 0.1) is 0 Å². The Morgan fingerprint density at radius 2 is 2.00 bits per heavy atom. The van der Waals surface area contributed by atoms with Gasteiger partial charge in [0.05, 0.1) is 13.1 Å². The number of ether oxygens (including phenoxy) is 1. The fourth-order valence-corrected chi connectivity index (χ4v) is 4.07. The highest BCUT2D eigenvalue weighted by atomic mass is 16.5. The maximum atomic E-state index is 12.8. The number of hydrogen-bond donors (Lipinski definition) is 0.